The summed E-state index contributed by atoms with van der Waals surface area (Å²) < 4.78 is 42.8. The molecule has 140 valence electrons. The van der Waals surface area contributed by atoms with Crippen molar-refractivity contribution < 1.29 is 27.5 Å². The van der Waals surface area contributed by atoms with Crippen molar-refractivity contribution in [3.8, 4) is 6.07 Å². The monoisotopic (exact) mass is 394 g/mol. The molecule has 0 fully saturated rings. The van der Waals surface area contributed by atoms with Crippen molar-refractivity contribution in [1.29, 1.82) is 5.26 Å². The van der Waals surface area contributed by atoms with Crippen molar-refractivity contribution >= 4 is 29.3 Å². The standard InChI is InChI=1S/C18H13F3N2O3S/c19-18(20,21)13-5-3-4-12(10-13)17(25)26-11-16(24)23-14-6-1-2-7-15(14)27-9-8-22/h1-7,10H,9,11H2,(H,23,24). The van der Waals surface area contributed by atoms with Crippen LogP contribution < -0.4 is 5.32 Å². The molecule has 0 saturated carbocycles. The first kappa shape index (κ1) is 20.3. The van der Waals surface area contributed by atoms with E-state index in [0.29, 0.717) is 16.6 Å². The molecular weight excluding hydrogens is 381 g/mol. The molecule has 0 aliphatic carbocycles. The summed E-state index contributed by atoms with van der Waals surface area (Å²) >= 11 is 1.22. The summed E-state index contributed by atoms with van der Waals surface area (Å²) in [7, 11) is 0. The van der Waals surface area contributed by atoms with Gasteiger partial charge in [0.15, 0.2) is 6.61 Å². The molecule has 0 saturated heterocycles. The highest BCUT2D eigenvalue weighted by molar-refractivity contribution is 7.99. The minimum absolute atomic E-state index is 0.192. The molecular formula is C18H13F3N2O3S. The number of rotatable bonds is 6. The first-order chi connectivity index (χ1) is 12.8. The molecule has 2 aromatic rings. The van der Waals surface area contributed by atoms with Gasteiger partial charge in [-0.2, -0.15) is 18.4 Å². The number of nitrogens with zero attached hydrogens (tertiary/aromatic N) is 1. The minimum atomic E-state index is -4.58. The third-order valence-electron chi connectivity index (χ3n) is 3.21. The first-order valence-corrected chi connectivity index (χ1v) is 8.53. The molecule has 0 radical (unpaired) electrons. The number of benzene rings is 2. The molecule has 0 heterocycles. The number of carbonyl (C=O) groups is 2. The van der Waals surface area contributed by atoms with E-state index in [9.17, 15) is 22.8 Å². The van der Waals surface area contributed by atoms with Crippen LogP contribution in [0.3, 0.4) is 0 Å². The molecule has 0 bridgehead atoms. The van der Waals surface area contributed by atoms with Crippen LogP contribution in [0.15, 0.2) is 53.4 Å². The molecule has 0 aliphatic rings. The second kappa shape index (κ2) is 9.09. The van der Waals surface area contributed by atoms with Crippen molar-refractivity contribution in [1.82, 2.24) is 0 Å². The van der Waals surface area contributed by atoms with Crippen LogP contribution in [0.4, 0.5) is 18.9 Å². The lowest BCUT2D eigenvalue weighted by atomic mass is 10.1. The zero-order valence-corrected chi connectivity index (χ0v) is 14.6. The van der Waals surface area contributed by atoms with Crippen molar-refractivity contribution in [3.05, 3.63) is 59.7 Å². The first-order valence-electron chi connectivity index (χ1n) is 7.54. The second-order valence-electron chi connectivity index (χ2n) is 5.15. The molecule has 0 aliphatic heterocycles. The molecule has 0 aromatic heterocycles. The molecule has 1 amide bonds. The van der Waals surface area contributed by atoms with Gasteiger partial charge < -0.3 is 10.1 Å². The van der Waals surface area contributed by atoms with E-state index in [1.165, 1.54) is 17.8 Å². The maximum atomic E-state index is 12.7. The summed E-state index contributed by atoms with van der Waals surface area (Å²) in [5.41, 5.74) is -0.842. The van der Waals surface area contributed by atoms with Gasteiger partial charge in [0.1, 0.15) is 0 Å². The molecule has 0 unspecified atom stereocenters. The van der Waals surface area contributed by atoms with Crippen molar-refractivity contribution in [2.75, 3.05) is 17.7 Å². The summed E-state index contributed by atoms with van der Waals surface area (Å²) in [6.45, 7) is -0.660. The number of alkyl halides is 3. The highest BCUT2D eigenvalue weighted by Gasteiger charge is 2.31. The number of para-hydroxylation sites is 1. The van der Waals surface area contributed by atoms with Crippen molar-refractivity contribution in [3.63, 3.8) is 0 Å². The van der Waals surface area contributed by atoms with Gasteiger partial charge in [-0.05, 0) is 30.3 Å². The quantitative estimate of drug-likeness (QED) is 0.589. The zero-order chi connectivity index (χ0) is 19.9. The molecule has 5 nitrogen and oxygen atoms in total. The number of anilines is 1. The van der Waals surface area contributed by atoms with E-state index in [1.807, 2.05) is 6.07 Å². The van der Waals surface area contributed by atoms with Gasteiger partial charge in [-0.25, -0.2) is 4.79 Å². The van der Waals surface area contributed by atoms with Crippen molar-refractivity contribution in [2.45, 2.75) is 11.1 Å². The van der Waals surface area contributed by atoms with E-state index < -0.39 is 30.2 Å². The Labute approximate surface area is 157 Å². The SMILES string of the molecule is N#CCSc1ccccc1NC(=O)COC(=O)c1cccc(C(F)(F)F)c1. The van der Waals surface area contributed by atoms with Crippen molar-refractivity contribution in [2.24, 2.45) is 0 Å². The number of esters is 1. The zero-order valence-electron chi connectivity index (χ0n) is 13.7. The van der Waals surface area contributed by atoms with Crippen LogP contribution in [0.5, 0.6) is 0 Å². The molecule has 2 rings (SSSR count). The maximum Gasteiger partial charge on any atom is 0.416 e. The highest BCUT2D eigenvalue weighted by Crippen LogP contribution is 2.29. The Kier molecular flexibility index (Phi) is 6.85. The molecule has 27 heavy (non-hydrogen) atoms. The highest BCUT2D eigenvalue weighted by atomic mass is 32.2. The van der Waals surface area contributed by atoms with Crippen LogP contribution in [-0.2, 0) is 15.7 Å². The summed E-state index contributed by atoms with van der Waals surface area (Å²) in [5.74, 6) is -1.50. The third-order valence-corrected chi connectivity index (χ3v) is 4.15. The van der Waals surface area contributed by atoms with Crippen LogP contribution >= 0.6 is 11.8 Å². The lowest BCUT2D eigenvalue weighted by molar-refractivity contribution is -0.137. The van der Waals surface area contributed by atoms with Crippen LogP contribution in [0.1, 0.15) is 15.9 Å². The maximum absolute atomic E-state index is 12.7. The number of hydrogen-bond acceptors (Lipinski definition) is 5. The van der Waals surface area contributed by atoms with Gasteiger partial charge in [0, 0.05) is 4.90 Å². The van der Waals surface area contributed by atoms with E-state index in [2.05, 4.69) is 5.32 Å². The van der Waals surface area contributed by atoms with E-state index in [0.717, 1.165) is 12.1 Å². The Bertz CT molecular complexity index is 879. The van der Waals surface area contributed by atoms with E-state index in [1.54, 1.807) is 24.3 Å². The van der Waals surface area contributed by atoms with Gasteiger partial charge in [-0.1, -0.05) is 18.2 Å². The van der Waals surface area contributed by atoms with Gasteiger partial charge >= 0.3 is 12.1 Å². The number of hydrogen-bond donors (Lipinski definition) is 1. The normalized spacial score (nSPS) is 10.7. The Morgan fingerprint density at radius 2 is 1.89 bits per heavy atom. The second-order valence-corrected chi connectivity index (χ2v) is 6.16. The van der Waals surface area contributed by atoms with Gasteiger partial charge in [-0.3, -0.25) is 4.79 Å². The van der Waals surface area contributed by atoms with Crippen LogP contribution in [0.2, 0.25) is 0 Å². The molecule has 2 aromatic carbocycles. The van der Waals surface area contributed by atoms with Crippen LogP contribution in [-0.4, -0.2) is 24.2 Å². The topological polar surface area (TPSA) is 79.2 Å². The smallest absolute Gasteiger partial charge is 0.416 e. The number of ether oxygens (including phenoxy) is 1. The van der Waals surface area contributed by atoms with E-state index in [4.69, 9.17) is 10.00 Å². The lowest BCUT2D eigenvalue weighted by Crippen LogP contribution is -2.21. The lowest BCUT2D eigenvalue weighted by Gasteiger charge is -2.11. The van der Waals surface area contributed by atoms with Gasteiger partial charge in [0.05, 0.1) is 28.6 Å². The average molecular weight is 394 g/mol. The number of nitrogens with one attached hydrogen (secondary N) is 1. The fraction of sp³-hybridized carbons (Fsp3) is 0.167. The largest absolute Gasteiger partial charge is 0.452 e. The molecule has 0 atom stereocenters. The molecule has 9 heteroatoms. The van der Waals surface area contributed by atoms with Gasteiger partial charge in [0.25, 0.3) is 5.91 Å². The number of amides is 1. The average Bonchev–Trinajstić information content (AvgIpc) is 2.65. The number of halogens is 3. The van der Waals surface area contributed by atoms with Gasteiger partial charge in [0.2, 0.25) is 0 Å². The summed E-state index contributed by atoms with van der Waals surface area (Å²) in [6.07, 6.45) is -4.58. The van der Waals surface area contributed by atoms with E-state index >= 15 is 0 Å². The number of nitriles is 1. The van der Waals surface area contributed by atoms with Crippen LogP contribution in [0, 0.1) is 11.3 Å². The summed E-state index contributed by atoms with van der Waals surface area (Å²) in [4.78, 5) is 24.5. The van der Waals surface area contributed by atoms with Crippen LogP contribution in [0.25, 0.3) is 0 Å². The Hall–Kier alpha value is -2.99. The predicted molar refractivity (Wildman–Crippen MR) is 93.1 cm³/mol. The number of thioether (sulfide) groups is 1. The summed E-state index contributed by atoms with van der Waals surface area (Å²) in [6, 6.07) is 12.5. The fourth-order valence-corrected chi connectivity index (χ4v) is 2.70. The molecule has 0 spiro atoms. The third kappa shape index (κ3) is 6.04. The fourth-order valence-electron chi connectivity index (χ4n) is 2.03. The number of carbonyl (C=O) groups excluding carboxylic acids is 2. The molecule has 1 N–H and O–H groups in total. The minimum Gasteiger partial charge on any atom is -0.452 e. The Morgan fingerprint density at radius 3 is 2.59 bits per heavy atom. The predicted octanol–water partition coefficient (Wildman–Crippen LogP) is 4.12. The summed E-state index contributed by atoms with van der Waals surface area (Å²) in [5, 5.41) is 11.2. The van der Waals surface area contributed by atoms with E-state index in [-0.39, 0.29) is 11.3 Å². The Balaban J connectivity index is 1.96. The Morgan fingerprint density at radius 1 is 1.15 bits per heavy atom. The van der Waals surface area contributed by atoms with Gasteiger partial charge in [-0.15, -0.1) is 11.8 Å².